The van der Waals surface area contributed by atoms with Crippen LogP contribution in [0, 0.1) is 0 Å². The maximum Gasteiger partial charge on any atom is 0.417 e. The molecule has 0 amide bonds. The highest BCUT2D eigenvalue weighted by atomic mass is 35.5. The van der Waals surface area contributed by atoms with Crippen LogP contribution in [0.1, 0.15) is 17.5 Å². The third-order valence-corrected chi connectivity index (χ3v) is 2.15. The average molecular weight is 249 g/mol. The molecule has 0 aliphatic heterocycles. The topological polar surface area (TPSA) is 17.1 Å². The molecule has 86 valence electrons. The minimum absolute atomic E-state index is 0.221. The van der Waals surface area contributed by atoms with E-state index in [-0.39, 0.29) is 11.4 Å². The van der Waals surface area contributed by atoms with Crippen LogP contribution in [0.4, 0.5) is 13.2 Å². The predicted molar refractivity (Wildman–Crippen MR) is 56.2 cm³/mol. The smallest absolute Gasteiger partial charge is 0.303 e. The van der Waals surface area contributed by atoms with Gasteiger partial charge in [0.15, 0.2) is 0 Å². The second kappa shape index (κ2) is 5.16. The van der Waals surface area contributed by atoms with Crippen molar-refractivity contribution in [3.05, 3.63) is 40.4 Å². The van der Waals surface area contributed by atoms with E-state index in [4.69, 9.17) is 11.6 Å². The van der Waals surface area contributed by atoms with Gasteiger partial charge in [-0.1, -0.05) is 29.8 Å². The molecule has 0 N–H and O–H groups in total. The molecule has 0 spiro atoms. The van der Waals surface area contributed by atoms with E-state index in [9.17, 15) is 18.0 Å². The first-order chi connectivity index (χ1) is 7.45. The summed E-state index contributed by atoms with van der Waals surface area (Å²) < 4.78 is 37.0. The molecule has 0 saturated heterocycles. The largest absolute Gasteiger partial charge is 0.417 e. The van der Waals surface area contributed by atoms with Crippen LogP contribution in [0.2, 0.25) is 5.02 Å². The van der Waals surface area contributed by atoms with Crippen molar-refractivity contribution < 1.29 is 18.0 Å². The van der Waals surface area contributed by atoms with Crippen LogP contribution >= 0.6 is 11.6 Å². The van der Waals surface area contributed by atoms with E-state index < -0.39 is 11.7 Å². The van der Waals surface area contributed by atoms with E-state index in [1.165, 1.54) is 12.1 Å². The molecule has 1 aromatic rings. The number of benzene rings is 1. The van der Waals surface area contributed by atoms with Crippen molar-refractivity contribution in [2.75, 3.05) is 0 Å². The Bertz CT molecular complexity index is 410. The summed E-state index contributed by atoms with van der Waals surface area (Å²) in [6.07, 6.45) is -0.435. The normalized spacial score (nSPS) is 12.0. The van der Waals surface area contributed by atoms with Gasteiger partial charge in [0, 0.05) is 6.42 Å². The number of aldehydes is 1. The van der Waals surface area contributed by atoms with Crippen LogP contribution in [0.5, 0.6) is 0 Å². The quantitative estimate of drug-likeness (QED) is 0.740. The Kier molecular flexibility index (Phi) is 4.12. The van der Waals surface area contributed by atoms with Crippen molar-refractivity contribution in [1.29, 1.82) is 0 Å². The van der Waals surface area contributed by atoms with Gasteiger partial charge < -0.3 is 4.79 Å². The van der Waals surface area contributed by atoms with E-state index >= 15 is 0 Å². The van der Waals surface area contributed by atoms with Crippen LogP contribution < -0.4 is 0 Å². The minimum atomic E-state index is -4.44. The van der Waals surface area contributed by atoms with Gasteiger partial charge in [-0.3, -0.25) is 0 Å². The molecule has 0 aliphatic rings. The summed E-state index contributed by atoms with van der Waals surface area (Å²) in [5, 5.41) is -0.347. The SMILES string of the molecule is O=CCC=Cc1ccc(C(F)(F)F)c(Cl)c1. The molecular formula is C11H8ClF3O. The number of halogens is 4. The first-order valence-electron chi connectivity index (χ1n) is 4.42. The van der Waals surface area contributed by atoms with Crippen LogP contribution in [0.25, 0.3) is 6.08 Å². The van der Waals surface area contributed by atoms with Crippen molar-refractivity contribution in [3.8, 4) is 0 Å². The van der Waals surface area contributed by atoms with E-state index in [0.29, 0.717) is 11.8 Å². The summed E-state index contributed by atoms with van der Waals surface area (Å²) in [5.74, 6) is 0. The van der Waals surface area contributed by atoms with Crippen LogP contribution in [0.15, 0.2) is 24.3 Å². The molecule has 0 unspecified atom stereocenters. The fourth-order valence-electron chi connectivity index (χ4n) is 1.12. The molecule has 0 radical (unpaired) electrons. The summed E-state index contributed by atoms with van der Waals surface area (Å²) in [6, 6.07) is 3.44. The standard InChI is InChI=1S/C11H8ClF3O/c12-10-7-8(3-1-2-6-16)4-5-9(10)11(13,14)15/h1,3-7H,2H2. The van der Waals surface area contributed by atoms with Gasteiger partial charge in [-0.2, -0.15) is 13.2 Å². The Morgan fingerprint density at radius 1 is 1.31 bits per heavy atom. The lowest BCUT2D eigenvalue weighted by molar-refractivity contribution is -0.137. The molecule has 0 aliphatic carbocycles. The third-order valence-electron chi connectivity index (χ3n) is 1.84. The summed E-state index contributed by atoms with van der Waals surface area (Å²) in [7, 11) is 0. The maximum absolute atomic E-state index is 12.3. The zero-order valence-electron chi connectivity index (χ0n) is 8.09. The Labute approximate surface area is 95.5 Å². The van der Waals surface area contributed by atoms with Crippen molar-refractivity contribution in [1.82, 2.24) is 0 Å². The lowest BCUT2D eigenvalue weighted by Crippen LogP contribution is -2.05. The number of alkyl halides is 3. The van der Waals surface area contributed by atoms with Gasteiger partial charge >= 0.3 is 6.18 Å². The highest BCUT2D eigenvalue weighted by molar-refractivity contribution is 6.31. The maximum atomic E-state index is 12.3. The highest BCUT2D eigenvalue weighted by Gasteiger charge is 2.32. The number of carbonyl (C=O) groups is 1. The van der Waals surface area contributed by atoms with Gasteiger partial charge in [-0.25, -0.2) is 0 Å². The number of carbonyl (C=O) groups excluding carboxylic acids is 1. The molecule has 0 atom stereocenters. The fourth-order valence-corrected chi connectivity index (χ4v) is 1.42. The van der Waals surface area contributed by atoms with Gasteiger partial charge in [-0.15, -0.1) is 0 Å². The monoisotopic (exact) mass is 248 g/mol. The number of allylic oxidation sites excluding steroid dienone is 1. The molecule has 0 aromatic heterocycles. The van der Waals surface area contributed by atoms with Crippen LogP contribution in [0.3, 0.4) is 0 Å². The van der Waals surface area contributed by atoms with Crippen molar-refractivity contribution in [2.24, 2.45) is 0 Å². The van der Waals surface area contributed by atoms with E-state index in [2.05, 4.69) is 0 Å². The van der Waals surface area contributed by atoms with Gasteiger partial charge in [0.05, 0.1) is 10.6 Å². The van der Waals surface area contributed by atoms with Crippen LogP contribution in [-0.2, 0) is 11.0 Å². The number of hydrogen-bond donors (Lipinski definition) is 0. The molecule has 1 rings (SSSR count). The summed E-state index contributed by atoms with van der Waals surface area (Å²) in [5.41, 5.74) is -0.332. The highest BCUT2D eigenvalue weighted by Crippen LogP contribution is 2.35. The second-order valence-corrected chi connectivity index (χ2v) is 3.45. The molecule has 0 fully saturated rings. The van der Waals surface area contributed by atoms with Crippen LogP contribution in [-0.4, -0.2) is 6.29 Å². The fraction of sp³-hybridized carbons (Fsp3) is 0.182. The van der Waals surface area contributed by atoms with Crippen molar-refractivity contribution >= 4 is 24.0 Å². The zero-order valence-corrected chi connectivity index (χ0v) is 8.85. The predicted octanol–water partition coefficient (Wildman–Crippen LogP) is 3.96. The van der Waals surface area contributed by atoms with Gasteiger partial charge in [-0.05, 0) is 17.7 Å². The molecular weight excluding hydrogens is 241 g/mol. The lowest BCUT2D eigenvalue weighted by Gasteiger charge is -2.08. The van der Waals surface area contributed by atoms with E-state index in [1.807, 2.05) is 0 Å². The molecule has 1 aromatic carbocycles. The molecule has 0 saturated carbocycles. The van der Waals surface area contributed by atoms with E-state index in [1.54, 1.807) is 12.2 Å². The Morgan fingerprint density at radius 3 is 2.50 bits per heavy atom. The second-order valence-electron chi connectivity index (χ2n) is 3.04. The van der Waals surface area contributed by atoms with Gasteiger partial charge in [0.1, 0.15) is 6.29 Å². The molecule has 16 heavy (non-hydrogen) atoms. The number of rotatable bonds is 3. The zero-order chi connectivity index (χ0) is 12.2. The third kappa shape index (κ3) is 3.38. The summed E-state index contributed by atoms with van der Waals surface area (Å²) >= 11 is 5.50. The van der Waals surface area contributed by atoms with Gasteiger partial charge in [0.2, 0.25) is 0 Å². The Balaban J connectivity index is 2.95. The molecule has 0 heterocycles. The van der Waals surface area contributed by atoms with Crippen molar-refractivity contribution in [2.45, 2.75) is 12.6 Å². The summed E-state index contributed by atoms with van der Waals surface area (Å²) in [4.78, 5) is 10.0. The first kappa shape index (κ1) is 12.8. The van der Waals surface area contributed by atoms with E-state index in [0.717, 1.165) is 6.07 Å². The Hall–Kier alpha value is -1.29. The minimum Gasteiger partial charge on any atom is -0.303 e. The number of hydrogen-bond acceptors (Lipinski definition) is 1. The summed E-state index contributed by atoms with van der Waals surface area (Å²) in [6.45, 7) is 0. The Morgan fingerprint density at radius 2 is 2.00 bits per heavy atom. The lowest BCUT2D eigenvalue weighted by atomic mass is 10.1. The molecule has 5 heteroatoms. The molecule has 0 bridgehead atoms. The molecule has 1 nitrogen and oxygen atoms in total. The van der Waals surface area contributed by atoms with Crippen molar-refractivity contribution in [3.63, 3.8) is 0 Å². The average Bonchev–Trinajstić information content (AvgIpc) is 2.16. The first-order valence-corrected chi connectivity index (χ1v) is 4.80. The van der Waals surface area contributed by atoms with Gasteiger partial charge in [0.25, 0.3) is 0 Å².